The number of nitrogens with zero attached hydrogens (tertiary/aromatic N) is 2. The lowest BCUT2D eigenvalue weighted by Gasteiger charge is -2.29. The second kappa shape index (κ2) is 9.94. The molecule has 0 saturated heterocycles. The first-order valence-electron chi connectivity index (χ1n) is 10.5. The van der Waals surface area contributed by atoms with Gasteiger partial charge in [-0.2, -0.15) is 13.2 Å². The number of nitrogen functional groups attached to an aromatic ring is 1. The summed E-state index contributed by atoms with van der Waals surface area (Å²) >= 11 is 0.890. The highest BCUT2D eigenvalue weighted by Gasteiger charge is 2.38. The molecule has 0 radical (unpaired) electrons. The Morgan fingerprint density at radius 1 is 1.24 bits per heavy atom. The zero-order valence-electron chi connectivity index (χ0n) is 18.1. The molecular formula is C20H26F3N5O3S2. The monoisotopic (exact) mass is 505 g/mol. The molecule has 3 rings (SSSR count). The third-order valence-electron chi connectivity index (χ3n) is 5.13. The Kier molecular flexibility index (Phi) is 7.64. The number of pyridine rings is 1. The maximum atomic E-state index is 13.2. The molecule has 1 saturated carbocycles. The van der Waals surface area contributed by atoms with E-state index in [4.69, 9.17) is 5.73 Å². The standard InChI is InChI=1S/C20H26F3N5O3S2/c1-11(2)10-33(30,31)28-13-7-5-12(6-8-13)26-19-27-18(24)16(32-19)15(29)14-4-3-9-25-17(14)20(21,22)23/h3-4,9,11-13,28H,5-8,10,24H2,1-2H3,(H,26,27). The van der Waals surface area contributed by atoms with Crippen LogP contribution in [-0.4, -0.2) is 42.0 Å². The molecule has 8 nitrogen and oxygen atoms in total. The summed E-state index contributed by atoms with van der Waals surface area (Å²) in [5, 5.41) is 3.50. The number of hydrogen-bond donors (Lipinski definition) is 3. The van der Waals surface area contributed by atoms with Gasteiger partial charge in [-0.25, -0.2) is 18.1 Å². The first-order valence-corrected chi connectivity index (χ1v) is 12.9. The lowest BCUT2D eigenvalue weighted by atomic mass is 9.92. The van der Waals surface area contributed by atoms with Crippen molar-refractivity contribution in [2.24, 2.45) is 5.92 Å². The first-order chi connectivity index (χ1) is 15.4. The van der Waals surface area contributed by atoms with E-state index < -0.39 is 33.2 Å². The Balaban J connectivity index is 1.64. The van der Waals surface area contributed by atoms with Gasteiger partial charge in [-0.3, -0.25) is 9.78 Å². The molecule has 1 aliphatic rings. The van der Waals surface area contributed by atoms with Crippen LogP contribution < -0.4 is 15.8 Å². The molecule has 2 aromatic rings. The van der Waals surface area contributed by atoms with Crippen LogP contribution in [0.3, 0.4) is 0 Å². The molecule has 0 bridgehead atoms. The number of rotatable bonds is 8. The van der Waals surface area contributed by atoms with Crippen LogP contribution in [0.4, 0.5) is 24.1 Å². The fourth-order valence-electron chi connectivity index (χ4n) is 3.76. The van der Waals surface area contributed by atoms with E-state index in [1.54, 1.807) is 0 Å². The van der Waals surface area contributed by atoms with Crippen molar-refractivity contribution < 1.29 is 26.4 Å². The lowest BCUT2D eigenvalue weighted by molar-refractivity contribution is -0.141. The number of hydrogen-bond acceptors (Lipinski definition) is 8. The van der Waals surface area contributed by atoms with Gasteiger partial charge >= 0.3 is 6.18 Å². The number of carbonyl (C=O) groups excluding carboxylic acids is 1. The van der Waals surface area contributed by atoms with Crippen LogP contribution >= 0.6 is 11.3 Å². The van der Waals surface area contributed by atoms with Gasteiger partial charge in [0.2, 0.25) is 15.8 Å². The Labute approximate surface area is 194 Å². The van der Waals surface area contributed by atoms with Crippen molar-refractivity contribution in [1.29, 1.82) is 0 Å². The first kappa shape index (κ1) is 25.4. The summed E-state index contributed by atoms with van der Waals surface area (Å²) in [5.74, 6) is -0.930. The van der Waals surface area contributed by atoms with Crippen LogP contribution in [0.5, 0.6) is 0 Å². The van der Waals surface area contributed by atoms with Gasteiger partial charge in [0, 0.05) is 18.3 Å². The maximum Gasteiger partial charge on any atom is 0.434 e. The van der Waals surface area contributed by atoms with Crippen LogP contribution in [0.25, 0.3) is 0 Å². The van der Waals surface area contributed by atoms with E-state index in [1.807, 2.05) is 13.8 Å². The number of nitrogens with two attached hydrogens (primary N) is 1. The minimum Gasteiger partial charge on any atom is -0.382 e. The summed E-state index contributed by atoms with van der Waals surface area (Å²) in [7, 11) is -3.33. The molecule has 0 amide bonds. The number of aromatic nitrogens is 2. The molecule has 0 unspecified atom stereocenters. The van der Waals surface area contributed by atoms with Crippen molar-refractivity contribution in [3.05, 3.63) is 34.5 Å². The van der Waals surface area contributed by atoms with Gasteiger partial charge in [0.1, 0.15) is 10.7 Å². The fraction of sp³-hybridized carbons (Fsp3) is 0.550. The Bertz CT molecular complexity index is 1090. The Morgan fingerprint density at radius 3 is 2.48 bits per heavy atom. The van der Waals surface area contributed by atoms with Crippen LogP contribution in [0.15, 0.2) is 18.3 Å². The number of anilines is 2. The topological polar surface area (TPSA) is 127 Å². The predicted octanol–water partition coefficient (Wildman–Crippen LogP) is 3.67. The summed E-state index contributed by atoms with van der Waals surface area (Å²) < 4.78 is 66.7. The molecule has 1 fully saturated rings. The molecule has 0 atom stereocenters. The summed E-state index contributed by atoms with van der Waals surface area (Å²) in [4.78, 5) is 20.1. The molecule has 33 heavy (non-hydrogen) atoms. The van der Waals surface area contributed by atoms with E-state index in [1.165, 1.54) is 6.07 Å². The van der Waals surface area contributed by atoms with E-state index in [-0.39, 0.29) is 34.4 Å². The van der Waals surface area contributed by atoms with E-state index in [0.29, 0.717) is 30.8 Å². The largest absolute Gasteiger partial charge is 0.434 e. The molecule has 0 aromatic carbocycles. The van der Waals surface area contributed by atoms with Gasteiger partial charge in [0.15, 0.2) is 10.8 Å². The summed E-state index contributed by atoms with van der Waals surface area (Å²) in [6.07, 6.45) is -1.21. The third-order valence-corrected chi connectivity index (χ3v) is 7.93. The van der Waals surface area contributed by atoms with E-state index in [0.717, 1.165) is 23.6 Å². The molecule has 182 valence electrons. The molecule has 13 heteroatoms. The SMILES string of the molecule is CC(C)CS(=O)(=O)NC1CCC(Nc2nc(N)c(C(=O)c3cccnc3C(F)(F)F)s2)CC1. The van der Waals surface area contributed by atoms with Crippen molar-refractivity contribution in [3.63, 3.8) is 0 Å². The highest BCUT2D eigenvalue weighted by molar-refractivity contribution is 7.89. The highest BCUT2D eigenvalue weighted by atomic mass is 32.2. The van der Waals surface area contributed by atoms with Gasteiger partial charge in [0.25, 0.3) is 0 Å². The minimum atomic E-state index is -4.78. The van der Waals surface area contributed by atoms with Crippen LogP contribution in [-0.2, 0) is 16.2 Å². The predicted molar refractivity (Wildman–Crippen MR) is 121 cm³/mol. The minimum absolute atomic E-state index is 0.0199. The zero-order valence-corrected chi connectivity index (χ0v) is 19.8. The maximum absolute atomic E-state index is 13.2. The molecule has 2 heterocycles. The normalized spacial score (nSPS) is 19.6. The second-order valence-electron chi connectivity index (χ2n) is 8.45. The van der Waals surface area contributed by atoms with Crippen molar-refractivity contribution in [2.45, 2.75) is 57.8 Å². The van der Waals surface area contributed by atoms with E-state index in [2.05, 4.69) is 20.0 Å². The van der Waals surface area contributed by atoms with Crippen LogP contribution in [0.1, 0.15) is 60.5 Å². The summed E-state index contributed by atoms with van der Waals surface area (Å²) in [6, 6.07) is 2.16. The summed E-state index contributed by atoms with van der Waals surface area (Å²) in [6.45, 7) is 3.69. The van der Waals surface area contributed by atoms with Crippen molar-refractivity contribution in [1.82, 2.24) is 14.7 Å². The van der Waals surface area contributed by atoms with Gasteiger partial charge in [-0.15, -0.1) is 0 Å². The number of nitrogens with one attached hydrogen (secondary N) is 2. The van der Waals surface area contributed by atoms with Crippen molar-refractivity contribution in [2.75, 3.05) is 16.8 Å². The van der Waals surface area contributed by atoms with Crippen molar-refractivity contribution in [3.8, 4) is 0 Å². The van der Waals surface area contributed by atoms with E-state index >= 15 is 0 Å². The fourth-order valence-corrected chi connectivity index (χ4v) is 6.40. The lowest BCUT2D eigenvalue weighted by Crippen LogP contribution is -2.41. The average Bonchev–Trinajstić information content (AvgIpc) is 3.07. The third kappa shape index (κ3) is 6.64. The summed E-state index contributed by atoms with van der Waals surface area (Å²) in [5.41, 5.74) is 3.98. The van der Waals surface area contributed by atoms with Crippen LogP contribution in [0, 0.1) is 5.92 Å². The molecule has 4 N–H and O–H groups in total. The van der Waals surface area contributed by atoms with Gasteiger partial charge in [0.05, 0.1) is 11.3 Å². The van der Waals surface area contributed by atoms with Gasteiger partial charge < -0.3 is 11.1 Å². The molecule has 0 spiro atoms. The average molecular weight is 506 g/mol. The number of thiazole rings is 1. The molecular weight excluding hydrogens is 479 g/mol. The number of carbonyl (C=O) groups is 1. The number of ketones is 1. The zero-order chi connectivity index (χ0) is 24.4. The van der Waals surface area contributed by atoms with E-state index in [9.17, 15) is 26.4 Å². The molecule has 1 aliphatic carbocycles. The van der Waals surface area contributed by atoms with Gasteiger partial charge in [-0.05, 0) is 43.7 Å². The van der Waals surface area contributed by atoms with Crippen LogP contribution in [0.2, 0.25) is 0 Å². The smallest absolute Gasteiger partial charge is 0.382 e. The number of alkyl halides is 3. The second-order valence-corrected chi connectivity index (χ2v) is 11.2. The van der Waals surface area contributed by atoms with Gasteiger partial charge in [-0.1, -0.05) is 25.2 Å². The number of halogens is 3. The highest BCUT2D eigenvalue weighted by Crippen LogP contribution is 2.34. The number of sulfonamides is 1. The Hall–Kier alpha value is -2.25. The quantitative estimate of drug-likeness (QED) is 0.467. The Morgan fingerprint density at radius 2 is 1.88 bits per heavy atom. The molecule has 2 aromatic heterocycles. The molecule has 0 aliphatic heterocycles. The van der Waals surface area contributed by atoms with Crippen molar-refractivity contribution >= 4 is 38.1 Å².